The summed E-state index contributed by atoms with van der Waals surface area (Å²) in [6.45, 7) is 6.25. The van der Waals surface area contributed by atoms with E-state index in [1.165, 1.54) is 5.56 Å². The zero-order valence-corrected chi connectivity index (χ0v) is 13.9. The summed E-state index contributed by atoms with van der Waals surface area (Å²) in [7, 11) is 0. The maximum absolute atomic E-state index is 12.3. The number of aliphatic carboxylic acids is 1. The van der Waals surface area contributed by atoms with Crippen LogP contribution in [0.25, 0.3) is 0 Å². The molecule has 0 aromatic heterocycles. The van der Waals surface area contributed by atoms with E-state index in [9.17, 15) is 14.7 Å². The molecule has 0 aliphatic carbocycles. The summed E-state index contributed by atoms with van der Waals surface area (Å²) in [6.07, 6.45) is 1.56. The summed E-state index contributed by atoms with van der Waals surface area (Å²) in [5.41, 5.74) is 1.28. The highest BCUT2D eigenvalue weighted by atomic mass is 16.4. The first-order valence-electron chi connectivity index (χ1n) is 8.27. The monoisotopic (exact) mass is 318 g/mol. The van der Waals surface area contributed by atoms with Crippen molar-refractivity contribution in [3.63, 3.8) is 0 Å². The van der Waals surface area contributed by atoms with Crippen molar-refractivity contribution in [2.45, 2.75) is 39.3 Å². The number of nitrogens with one attached hydrogen (secondary N) is 1. The van der Waals surface area contributed by atoms with Crippen LogP contribution in [-0.4, -0.2) is 41.0 Å². The molecule has 5 heteroatoms. The van der Waals surface area contributed by atoms with E-state index in [2.05, 4.69) is 22.3 Å². The summed E-state index contributed by atoms with van der Waals surface area (Å²) in [6, 6.07) is 9.50. The van der Waals surface area contributed by atoms with Gasteiger partial charge >= 0.3 is 5.97 Å². The Balaban J connectivity index is 1.81. The van der Waals surface area contributed by atoms with Gasteiger partial charge in [0.05, 0.1) is 0 Å². The second-order valence-corrected chi connectivity index (χ2v) is 6.60. The van der Waals surface area contributed by atoms with Crippen LogP contribution in [0.2, 0.25) is 0 Å². The Kier molecular flexibility index (Phi) is 6.16. The van der Waals surface area contributed by atoms with Gasteiger partial charge in [-0.05, 0) is 37.4 Å². The molecule has 1 fully saturated rings. The number of hydrogen-bond acceptors (Lipinski definition) is 3. The molecule has 2 N–H and O–H groups in total. The molecular weight excluding hydrogens is 292 g/mol. The van der Waals surface area contributed by atoms with Gasteiger partial charge in [-0.3, -0.25) is 9.69 Å². The SMILES string of the molecule is CC(C)C(NC(=O)C1CCN(Cc2ccccc2)CC1)C(=O)O. The van der Waals surface area contributed by atoms with E-state index in [0.717, 1.165) is 32.5 Å². The molecule has 1 unspecified atom stereocenters. The van der Waals surface area contributed by atoms with Crippen molar-refractivity contribution in [2.75, 3.05) is 13.1 Å². The van der Waals surface area contributed by atoms with E-state index in [1.807, 2.05) is 32.0 Å². The lowest BCUT2D eigenvalue weighted by atomic mass is 9.94. The van der Waals surface area contributed by atoms with Crippen LogP contribution in [0.4, 0.5) is 0 Å². The number of carboxylic acid groups (broad SMARTS) is 1. The maximum Gasteiger partial charge on any atom is 0.326 e. The van der Waals surface area contributed by atoms with Gasteiger partial charge in [0.15, 0.2) is 0 Å². The van der Waals surface area contributed by atoms with Crippen molar-refractivity contribution < 1.29 is 14.7 Å². The van der Waals surface area contributed by atoms with Gasteiger partial charge in [0.25, 0.3) is 0 Å². The number of nitrogens with zero attached hydrogens (tertiary/aromatic N) is 1. The van der Waals surface area contributed by atoms with E-state index in [1.54, 1.807) is 0 Å². The number of amides is 1. The number of rotatable bonds is 6. The number of hydrogen-bond donors (Lipinski definition) is 2. The Morgan fingerprint density at radius 3 is 2.35 bits per heavy atom. The highest BCUT2D eigenvalue weighted by molar-refractivity contribution is 5.85. The fraction of sp³-hybridized carbons (Fsp3) is 0.556. The third kappa shape index (κ3) is 5.06. The van der Waals surface area contributed by atoms with Gasteiger partial charge < -0.3 is 10.4 Å². The second kappa shape index (κ2) is 8.11. The summed E-state index contributed by atoms with van der Waals surface area (Å²) < 4.78 is 0. The topological polar surface area (TPSA) is 69.6 Å². The summed E-state index contributed by atoms with van der Waals surface area (Å²) in [5.74, 6) is -1.28. The molecule has 2 rings (SSSR count). The minimum atomic E-state index is -0.963. The molecule has 1 heterocycles. The largest absolute Gasteiger partial charge is 0.480 e. The first-order chi connectivity index (χ1) is 11.0. The molecule has 1 aromatic carbocycles. The standard InChI is InChI=1S/C18H26N2O3/c1-13(2)16(18(22)23)19-17(21)15-8-10-20(11-9-15)12-14-6-4-3-5-7-14/h3-7,13,15-16H,8-12H2,1-2H3,(H,19,21)(H,22,23). The van der Waals surface area contributed by atoms with Crippen molar-refractivity contribution in [2.24, 2.45) is 11.8 Å². The van der Waals surface area contributed by atoms with Gasteiger partial charge in [-0.1, -0.05) is 44.2 Å². The van der Waals surface area contributed by atoms with Gasteiger partial charge in [0, 0.05) is 12.5 Å². The van der Waals surface area contributed by atoms with Crippen molar-refractivity contribution >= 4 is 11.9 Å². The number of benzene rings is 1. The van der Waals surface area contributed by atoms with Gasteiger partial charge in [0.2, 0.25) is 5.91 Å². The lowest BCUT2D eigenvalue weighted by molar-refractivity contribution is -0.144. The van der Waals surface area contributed by atoms with Crippen molar-refractivity contribution in [1.82, 2.24) is 10.2 Å². The lowest BCUT2D eigenvalue weighted by Crippen LogP contribution is -2.48. The van der Waals surface area contributed by atoms with Crippen molar-refractivity contribution in [3.05, 3.63) is 35.9 Å². The smallest absolute Gasteiger partial charge is 0.326 e. The summed E-state index contributed by atoms with van der Waals surface area (Å²) in [4.78, 5) is 25.8. The normalized spacial score (nSPS) is 17.9. The fourth-order valence-electron chi connectivity index (χ4n) is 2.98. The van der Waals surface area contributed by atoms with E-state index in [4.69, 9.17) is 0 Å². The fourth-order valence-corrected chi connectivity index (χ4v) is 2.98. The van der Waals surface area contributed by atoms with E-state index < -0.39 is 12.0 Å². The van der Waals surface area contributed by atoms with Crippen molar-refractivity contribution in [3.8, 4) is 0 Å². The molecule has 0 radical (unpaired) electrons. The first kappa shape index (κ1) is 17.5. The summed E-state index contributed by atoms with van der Waals surface area (Å²) in [5, 5.41) is 11.9. The van der Waals surface area contributed by atoms with E-state index in [0.29, 0.717) is 0 Å². The average molecular weight is 318 g/mol. The minimum Gasteiger partial charge on any atom is -0.480 e. The Labute approximate surface area is 137 Å². The van der Waals surface area contributed by atoms with Crippen LogP contribution in [-0.2, 0) is 16.1 Å². The molecule has 0 spiro atoms. The second-order valence-electron chi connectivity index (χ2n) is 6.60. The molecule has 1 aliphatic rings. The van der Waals surface area contributed by atoms with Gasteiger partial charge in [-0.15, -0.1) is 0 Å². The molecule has 126 valence electrons. The molecule has 1 aromatic rings. The molecule has 1 atom stereocenters. The molecule has 1 amide bonds. The van der Waals surface area contributed by atoms with Crippen LogP contribution in [0.15, 0.2) is 30.3 Å². The maximum atomic E-state index is 12.3. The first-order valence-corrected chi connectivity index (χ1v) is 8.27. The molecule has 23 heavy (non-hydrogen) atoms. The van der Waals surface area contributed by atoms with E-state index in [-0.39, 0.29) is 17.7 Å². The highest BCUT2D eigenvalue weighted by Gasteiger charge is 2.29. The number of likely N-dealkylation sites (tertiary alicyclic amines) is 1. The zero-order valence-electron chi connectivity index (χ0n) is 13.9. The zero-order chi connectivity index (χ0) is 16.8. The lowest BCUT2D eigenvalue weighted by Gasteiger charge is -2.32. The third-order valence-electron chi connectivity index (χ3n) is 4.44. The van der Waals surface area contributed by atoms with Crippen LogP contribution in [0, 0.1) is 11.8 Å². The van der Waals surface area contributed by atoms with Crippen molar-refractivity contribution in [1.29, 1.82) is 0 Å². The average Bonchev–Trinajstić information content (AvgIpc) is 2.53. The number of carboxylic acids is 1. The molecular formula is C18H26N2O3. The highest BCUT2D eigenvalue weighted by Crippen LogP contribution is 2.20. The van der Waals surface area contributed by atoms with Crippen LogP contribution < -0.4 is 5.32 Å². The molecule has 1 aliphatic heterocycles. The number of carbonyl (C=O) groups is 2. The summed E-state index contributed by atoms with van der Waals surface area (Å²) >= 11 is 0. The predicted molar refractivity (Wildman–Crippen MR) is 88.8 cm³/mol. The molecule has 1 saturated heterocycles. The predicted octanol–water partition coefficient (Wildman–Crippen LogP) is 2.12. The quantitative estimate of drug-likeness (QED) is 0.843. The van der Waals surface area contributed by atoms with Crippen LogP contribution >= 0.6 is 0 Å². The van der Waals surface area contributed by atoms with Crippen LogP contribution in [0.5, 0.6) is 0 Å². The van der Waals surface area contributed by atoms with Gasteiger partial charge in [-0.2, -0.15) is 0 Å². The third-order valence-corrected chi connectivity index (χ3v) is 4.44. The Morgan fingerprint density at radius 1 is 1.22 bits per heavy atom. The number of carbonyl (C=O) groups excluding carboxylic acids is 1. The Bertz CT molecular complexity index is 522. The van der Waals surface area contributed by atoms with Gasteiger partial charge in [-0.25, -0.2) is 4.79 Å². The molecule has 0 bridgehead atoms. The number of piperidine rings is 1. The Morgan fingerprint density at radius 2 is 1.83 bits per heavy atom. The van der Waals surface area contributed by atoms with Crippen LogP contribution in [0.3, 0.4) is 0 Å². The van der Waals surface area contributed by atoms with Gasteiger partial charge in [0.1, 0.15) is 6.04 Å². The van der Waals surface area contributed by atoms with E-state index >= 15 is 0 Å². The molecule has 0 saturated carbocycles. The van der Waals surface area contributed by atoms with Crippen LogP contribution in [0.1, 0.15) is 32.3 Å². The molecule has 5 nitrogen and oxygen atoms in total. The Hall–Kier alpha value is -1.88. The minimum absolute atomic E-state index is 0.0809.